The van der Waals surface area contributed by atoms with Crippen molar-refractivity contribution in [3.63, 3.8) is 0 Å². The fraction of sp³-hybridized carbons (Fsp3) is 0.0769. The topological polar surface area (TPSA) is 51.2 Å². The first kappa shape index (κ1) is 12.6. The number of carbonyl (C=O) groups is 1. The van der Waals surface area contributed by atoms with Gasteiger partial charge in [0.2, 0.25) is 0 Å². The van der Waals surface area contributed by atoms with Gasteiger partial charge in [0.15, 0.2) is 0 Å². The van der Waals surface area contributed by atoms with E-state index in [0.717, 1.165) is 10.0 Å². The van der Waals surface area contributed by atoms with Crippen molar-refractivity contribution >= 4 is 27.8 Å². The number of rotatable bonds is 2. The Hall–Kier alpha value is -1.88. The zero-order valence-corrected chi connectivity index (χ0v) is 11.3. The standard InChI is InChI=1S/C13H11BrN2O2/c1-9-2-5-11(6-3-9)18-13(17)16-12-7-4-10(14)8-15-12/h2-8H,1H3,(H,15,16,17). The summed E-state index contributed by atoms with van der Waals surface area (Å²) in [6.07, 6.45) is 1.04. The molecule has 18 heavy (non-hydrogen) atoms. The molecule has 0 fully saturated rings. The molecule has 4 nitrogen and oxygen atoms in total. The van der Waals surface area contributed by atoms with Crippen molar-refractivity contribution in [3.8, 4) is 5.75 Å². The molecule has 0 unspecified atom stereocenters. The van der Waals surface area contributed by atoms with E-state index in [1.807, 2.05) is 19.1 Å². The van der Waals surface area contributed by atoms with E-state index >= 15 is 0 Å². The fourth-order valence-corrected chi connectivity index (χ4v) is 1.53. The molecule has 2 aromatic rings. The number of nitrogens with zero attached hydrogens (tertiary/aromatic N) is 1. The molecule has 1 N–H and O–H groups in total. The summed E-state index contributed by atoms with van der Waals surface area (Å²) in [6, 6.07) is 10.7. The van der Waals surface area contributed by atoms with E-state index in [-0.39, 0.29) is 0 Å². The summed E-state index contributed by atoms with van der Waals surface area (Å²) in [6.45, 7) is 1.97. The molecule has 0 bridgehead atoms. The lowest BCUT2D eigenvalue weighted by Gasteiger charge is -2.06. The molecule has 0 aliphatic heterocycles. The van der Waals surface area contributed by atoms with E-state index in [1.54, 1.807) is 30.5 Å². The second-order valence-corrected chi connectivity index (χ2v) is 4.60. The predicted octanol–water partition coefficient (Wildman–Crippen LogP) is 3.76. The third-order valence-electron chi connectivity index (χ3n) is 2.19. The zero-order chi connectivity index (χ0) is 13.0. The molecule has 0 aliphatic rings. The Morgan fingerprint density at radius 2 is 1.94 bits per heavy atom. The number of pyridine rings is 1. The maximum absolute atomic E-state index is 11.6. The average Bonchev–Trinajstić information content (AvgIpc) is 2.35. The van der Waals surface area contributed by atoms with Gasteiger partial charge in [-0.15, -0.1) is 0 Å². The minimum atomic E-state index is -0.561. The van der Waals surface area contributed by atoms with E-state index in [9.17, 15) is 4.79 Å². The molecule has 0 radical (unpaired) electrons. The maximum Gasteiger partial charge on any atom is 0.418 e. The largest absolute Gasteiger partial charge is 0.418 e. The predicted molar refractivity (Wildman–Crippen MR) is 72.8 cm³/mol. The smallest absolute Gasteiger partial charge is 0.410 e. The van der Waals surface area contributed by atoms with Crippen LogP contribution in [0.2, 0.25) is 0 Å². The summed E-state index contributed by atoms with van der Waals surface area (Å²) in [5.41, 5.74) is 1.11. The molecular formula is C13H11BrN2O2. The number of hydrogen-bond donors (Lipinski definition) is 1. The Balaban J connectivity index is 1.96. The Labute approximate surface area is 113 Å². The summed E-state index contributed by atoms with van der Waals surface area (Å²) >= 11 is 3.27. The summed E-state index contributed by atoms with van der Waals surface area (Å²) in [7, 11) is 0. The van der Waals surface area contributed by atoms with Crippen molar-refractivity contribution in [1.82, 2.24) is 4.98 Å². The van der Waals surface area contributed by atoms with E-state index in [2.05, 4.69) is 26.2 Å². The maximum atomic E-state index is 11.6. The van der Waals surface area contributed by atoms with Crippen LogP contribution in [0, 0.1) is 6.92 Å². The van der Waals surface area contributed by atoms with E-state index in [4.69, 9.17) is 4.74 Å². The number of nitrogens with one attached hydrogen (secondary N) is 1. The summed E-state index contributed by atoms with van der Waals surface area (Å²) in [5.74, 6) is 0.936. The van der Waals surface area contributed by atoms with Gasteiger partial charge in [0, 0.05) is 10.7 Å². The molecule has 92 valence electrons. The van der Waals surface area contributed by atoms with Crippen LogP contribution in [0.25, 0.3) is 0 Å². The van der Waals surface area contributed by atoms with E-state index in [1.165, 1.54) is 0 Å². The number of anilines is 1. The molecule has 0 atom stereocenters. The first-order chi connectivity index (χ1) is 8.63. The van der Waals surface area contributed by atoms with Crippen LogP contribution in [0.1, 0.15) is 5.56 Å². The highest BCUT2D eigenvalue weighted by Crippen LogP contribution is 2.13. The molecule has 1 heterocycles. The van der Waals surface area contributed by atoms with Crippen LogP contribution in [0.3, 0.4) is 0 Å². The lowest BCUT2D eigenvalue weighted by molar-refractivity contribution is 0.215. The van der Waals surface area contributed by atoms with Crippen molar-refractivity contribution in [1.29, 1.82) is 0 Å². The van der Waals surface area contributed by atoms with Crippen molar-refractivity contribution in [2.75, 3.05) is 5.32 Å². The molecule has 0 saturated carbocycles. The van der Waals surface area contributed by atoms with Crippen LogP contribution in [0.4, 0.5) is 10.6 Å². The van der Waals surface area contributed by atoms with E-state index < -0.39 is 6.09 Å². The number of aromatic nitrogens is 1. The van der Waals surface area contributed by atoms with Gasteiger partial charge >= 0.3 is 6.09 Å². The minimum Gasteiger partial charge on any atom is -0.410 e. The quantitative estimate of drug-likeness (QED) is 0.919. The van der Waals surface area contributed by atoms with Gasteiger partial charge in [-0.25, -0.2) is 9.78 Å². The van der Waals surface area contributed by atoms with Crippen LogP contribution in [-0.4, -0.2) is 11.1 Å². The van der Waals surface area contributed by atoms with Gasteiger partial charge in [0.1, 0.15) is 11.6 Å². The number of amides is 1. The molecule has 0 spiro atoms. The molecule has 1 aromatic carbocycles. The van der Waals surface area contributed by atoms with Gasteiger partial charge in [-0.2, -0.15) is 0 Å². The number of benzene rings is 1. The van der Waals surface area contributed by atoms with Gasteiger partial charge in [0.05, 0.1) is 0 Å². The van der Waals surface area contributed by atoms with Crippen molar-refractivity contribution in [2.24, 2.45) is 0 Å². The van der Waals surface area contributed by atoms with Crippen molar-refractivity contribution in [2.45, 2.75) is 6.92 Å². The van der Waals surface area contributed by atoms with Gasteiger partial charge in [-0.05, 0) is 47.1 Å². The second kappa shape index (κ2) is 5.64. The summed E-state index contributed by atoms with van der Waals surface area (Å²) in [5, 5.41) is 2.54. The van der Waals surface area contributed by atoms with Gasteiger partial charge in [-0.1, -0.05) is 17.7 Å². The molecule has 1 amide bonds. The van der Waals surface area contributed by atoms with E-state index in [0.29, 0.717) is 11.6 Å². The third-order valence-corrected chi connectivity index (χ3v) is 2.66. The molecule has 2 rings (SSSR count). The minimum absolute atomic E-state index is 0.440. The van der Waals surface area contributed by atoms with Gasteiger partial charge in [0.25, 0.3) is 0 Å². The third kappa shape index (κ3) is 3.56. The van der Waals surface area contributed by atoms with Crippen LogP contribution in [-0.2, 0) is 0 Å². The Morgan fingerprint density at radius 1 is 1.22 bits per heavy atom. The van der Waals surface area contributed by atoms with Crippen molar-refractivity contribution < 1.29 is 9.53 Å². The molecule has 0 aliphatic carbocycles. The lowest BCUT2D eigenvalue weighted by Crippen LogP contribution is -2.17. The number of carbonyl (C=O) groups excluding carboxylic acids is 1. The molecular weight excluding hydrogens is 296 g/mol. The lowest BCUT2D eigenvalue weighted by atomic mass is 10.2. The molecule has 5 heteroatoms. The monoisotopic (exact) mass is 306 g/mol. The summed E-state index contributed by atoms with van der Waals surface area (Å²) < 4.78 is 5.95. The highest BCUT2D eigenvalue weighted by molar-refractivity contribution is 9.10. The fourth-order valence-electron chi connectivity index (χ4n) is 1.29. The SMILES string of the molecule is Cc1ccc(OC(=O)Nc2ccc(Br)cn2)cc1. The zero-order valence-electron chi connectivity index (χ0n) is 9.68. The number of ether oxygens (including phenoxy) is 1. The Kier molecular flexibility index (Phi) is 3.94. The number of hydrogen-bond acceptors (Lipinski definition) is 3. The second-order valence-electron chi connectivity index (χ2n) is 3.69. The van der Waals surface area contributed by atoms with Crippen molar-refractivity contribution in [3.05, 3.63) is 52.6 Å². The summed E-state index contributed by atoms with van der Waals surface area (Å²) in [4.78, 5) is 15.6. The Bertz CT molecular complexity index is 488. The average molecular weight is 307 g/mol. The normalized spacial score (nSPS) is 9.89. The highest BCUT2D eigenvalue weighted by Gasteiger charge is 2.05. The van der Waals surface area contributed by atoms with Crippen LogP contribution in [0.15, 0.2) is 47.1 Å². The van der Waals surface area contributed by atoms with Gasteiger partial charge in [-0.3, -0.25) is 5.32 Å². The Morgan fingerprint density at radius 3 is 2.56 bits per heavy atom. The van der Waals surface area contributed by atoms with Crippen LogP contribution in [0.5, 0.6) is 5.75 Å². The number of halogens is 1. The molecule has 1 aromatic heterocycles. The van der Waals surface area contributed by atoms with Crippen LogP contribution >= 0.6 is 15.9 Å². The number of aryl methyl sites for hydroxylation is 1. The van der Waals surface area contributed by atoms with Crippen LogP contribution < -0.4 is 10.1 Å². The highest BCUT2D eigenvalue weighted by atomic mass is 79.9. The van der Waals surface area contributed by atoms with Gasteiger partial charge < -0.3 is 4.74 Å². The first-order valence-corrected chi connectivity index (χ1v) is 6.10. The first-order valence-electron chi connectivity index (χ1n) is 5.30. The molecule has 0 saturated heterocycles.